The molecule has 1 aliphatic rings. The van der Waals surface area contributed by atoms with Crippen LogP contribution < -0.4 is 5.32 Å². The Morgan fingerprint density at radius 3 is 2.55 bits per heavy atom. The molecule has 0 unspecified atom stereocenters. The van der Waals surface area contributed by atoms with E-state index in [2.05, 4.69) is 14.8 Å². The lowest BCUT2D eigenvalue weighted by Gasteiger charge is -2.16. The van der Waals surface area contributed by atoms with E-state index in [0.29, 0.717) is 23.4 Å². The number of carbonyl (C=O) groups excluding carboxylic acids is 1. The zero-order chi connectivity index (χ0) is 20.6. The molecule has 2 heterocycles. The minimum atomic E-state index is -3.68. The van der Waals surface area contributed by atoms with E-state index in [1.807, 2.05) is 13.2 Å². The van der Waals surface area contributed by atoms with Crippen molar-refractivity contribution in [3.63, 3.8) is 0 Å². The fourth-order valence-corrected chi connectivity index (χ4v) is 4.32. The first-order chi connectivity index (χ1) is 13.8. The van der Waals surface area contributed by atoms with Crippen molar-refractivity contribution >= 4 is 27.5 Å². The maximum absolute atomic E-state index is 12.6. The highest BCUT2D eigenvalue weighted by molar-refractivity contribution is 7.90. The molecule has 0 aliphatic carbocycles. The number of hydrogen-bond donors (Lipinski definition) is 1. The zero-order valence-electron chi connectivity index (χ0n) is 15.9. The van der Waals surface area contributed by atoms with Crippen LogP contribution in [-0.4, -0.2) is 41.9 Å². The second-order valence-electron chi connectivity index (χ2n) is 6.80. The molecule has 0 bridgehead atoms. The number of sulfonamides is 1. The number of fused-ring (bicyclic) bond motifs is 1. The highest BCUT2D eigenvalue weighted by Crippen LogP contribution is 2.26. The van der Waals surface area contributed by atoms with Crippen LogP contribution in [0.3, 0.4) is 0 Å². The van der Waals surface area contributed by atoms with Crippen molar-refractivity contribution in [1.82, 2.24) is 14.7 Å². The van der Waals surface area contributed by atoms with Crippen LogP contribution in [0.5, 0.6) is 0 Å². The Hall–Kier alpha value is -3.46. The average molecular weight is 409 g/mol. The summed E-state index contributed by atoms with van der Waals surface area (Å²) in [5, 5.41) is 7.13. The SMILES string of the molecule is CN(Cc1cnn(C)c1)C(=O)c1ccc(NC2=NS(=O)(=O)c3ccccc32)cc1. The molecule has 1 amide bonds. The fraction of sp³-hybridized carbons (Fsp3) is 0.150. The van der Waals surface area contributed by atoms with Crippen LogP contribution in [0.15, 0.2) is 70.2 Å². The van der Waals surface area contributed by atoms with Gasteiger partial charge in [-0.1, -0.05) is 12.1 Å². The van der Waals surface area contributed by atoms with Crippen molar-refractivity contribution in [1.29, 1.82) is 0 Å². The van der Waals surface area contributed by atoms with Gasteiger partial charge in [0.2, 0.25) is 0 Å². The summed E-state index contributed by atoms with van der Waals surface area (Å²) in [5.41, 5.74) is 2.65. The van der Waals surface area contributed by atoms with E-state index >= 15 is 0 Å². The minimum Gasteiger partial charge on any atom is -0.339 e. The van der Waals surface area contributed by atoms with Crippen molar-refractivity contribution in [3.05, 3.63) is 77.6 Å². The first kappa shape index (κ1) is 18.9. The zero-order valence-corrected chi connectivity index (χ0v) is 16.7. The van der Waals surface area contributed by atoms with E-state index in [4.69, 9.17) is 0 Å². The quantitative estimate of drug-likeness (QED) is 0.713. The van der Waals surface area contributed by atoms with Crippen LogP contribution >= 0.6 is 0 Å². The Kier molecular flexibility index (Phi) is 4.67. The van der Waals surface area contributed by atoms with Gasteiger partial charge in [0.1, 0.15) is 4.90 Å². The van der Waals surface area contributed by atoms with Crippen molar-refractivity contribution in [2.75, 3.05) is 12.4 Å². The maximum atomic E-state index is 12.6. The highest BCUT2D eigenvalue weighted by atomic mass is 32.2. The largest absolute Gasteiger partial charge is 0.339 e. The topological polar surface area (TPSA) is 96.7 Å². The lowest BCUT2D eigenvalue weighted by atomic mass is 10.1. The van der Waals surface area contributed by atoms with Gasteiger partial charge < -0.3 is 10.2 Å². The second-order valence-corrected chi connectivity index (χ2v) is 8.37. The van der Waals surface area contributed by atoms with Crippen LogP contribution in [0, 0.1) is 0 Å². The molecule has 2 aromatic carbocycles. The van der Waals surface area contributed by atoms with Gasteiger partial charge in [-0.2, -0.15) is 13.5 Å². The Bertz CT molecular complexity index is 1210. The molecule has 4 rings (SSSR count). The summed E-state index contributed by atoms with van der Waals surface area (Å²) in [6.45, 7) is 0.456. The van der Waals surface area contributed by atoms with E-state index in [9.17, 15) is 13.2 Å². The van der Waals surface area contributed by atoms with Crippen molar-refractivity contribution < 1.29 is 13.2 Å². The summed E-state index contributed by atoms with van der Waals surface area (Å²) in [6, 6.07) is 13.5. The van der Waals surface area contributed by atoms with Gasteiger partial charge in [-0.05, 0) is 36.4 Å². The molecule has 148 valence electrons. The Morgan fingerprint density at radius 1 is 1.14 bits per heavy atom. The number of benzene rings is 2. The second kappa shape index (κ2) is 7.17. The molecule has 0 spiro atoms. The van der Waals surface area contributed by atoms with E-state index in [0.717, 1.165) is 5.56 Å². The lowest BCUT2D eigenvalue weighted by molar-refractivity contribution is 0.0785. The molecule has 0 saturated carbocycles. The molecule has 0 fully saturated rings. The molecule has 1 aromatic heterocycles. The molecular formula is C20H19N5O3S. The smallest absolute Gasteiger partial charge is 0.285 e. The van der Waals surface area contributed by atoms with Crippen LogP contribution in [0.1, 0.15) is 21.5 Å². The summed E-state index contributed by atoms with van der Waals surface area (Å²) in [4.78, 5) is 14.4. The van der Waals surface area contributed by atoms with Gasteiger partial charge in [-0.3, -0.25) is 9.48 Å². The van der Waals surface area contributed by atoms with E-state index in [1.165, 1.54) is 6.07 Å². The van der Waals surface area contributed by atoms with Gasteiger partial charge >= 0.3 is 0 Å². The molecule has 0 radical (unpaired) electrons. The van der Waals surface area contributed by atoms with E-state index in [1.54, 1.807) is 65.3 Å². The Morgan fingerprint density at radius 2 is 1.86 bits per heavy atom. The number of anilines is 1. The lowest BCUT2D eigenvalue weighted by Crippen LogP contribution is -2.26. The van der Waals surface area contributed by atoms with Crippen molar-refractivity contribution in [3.8, 4) is 0 Å². The summed E-state index contributed by atoms with van der Waals surface area (Å²) in [6.07, 6.45) is 3.59. The fourth-order valence-electron chi connectivity index (χ4n) is 3.15. The number of aryl methyl sites for hydroxylation is 1. The van der Waals surface area contributed by atoms with E-state index in [-0.39, 0.29) is 16.6 Å². The predicted octanol–water partition coefficient (Wildman–Crippen LogP) is 2.25. The molecule has 0 saturated heterocycles. The molecule has 1 N–H and O–H groups in total. The number of amidine groups is 1. The minimum absolute atomic E-state index is 0.119. The van der Waals surface area contributed by atoms with Crippen molar-refractivity contribution in [2.24, 2.45) is 11.4 Å². The number of amides is 1. The number of nitrogens with zero attached hydrogens (tertiary/aromatic N) is 4. The first-order valence-electron chi connectivity index (χ1n) is 8.88. The third kappa shape index (κ3) is 3.77. The molecule has 1 aliphatic heterocycles. The number of nitrogens with one attached hydrogen (secondary N) is 1. The van der Waals surface area contributed by atoms with Gasteiger partial charge in [-0.25, -0.2) is 0 Å². The molecule has 8 nitrogen and oxygen atoms in total. The summed E-state index contributed by atoms with van der Waals surface area (Å²) >= 11 is 0. The van der Waals surface area contributed by atoms with Gasteiger partial charge in [0.25, 0.3) is 15.9 Å². The maximum Gasteiger partial charge on any atom is 0.285 e. The summed E-state index contributed by atoms with van der Waals surface area (Å²) < 4.78 is 29.8. The normalized spacial score (nSPS) is 14.2. The average Bonchev–Trinajstić information content (AvgIpc) is 3.22. The Labute approximate surface area is 168 Å². The standard InChI is InChI=1S/C20H19N5O3S/c1-24(12-14-11-21-25(2)13-14)20(26)15-7-9-16(10-8-15)22-19-17-5-3-4-6-18(17)29(27,28)23-19/h3-11,13H,12H2,1-2H3,(H,22,23). The number of rotatable bonds is 4. The van der Waals surface area contributed by atoms with Crippen LogP contribution in [0.2, 0.25) is 0 Å². The molecule has 29 heavy (non-hydrogen) atoms. The van der Waals surface area contributed by atoms with Gasteiger partial charge in [0, 0.05) is 49.2 Å². The molecule has 0 atom stereocenters. The first-order valence-corrected chi connectivity index (χ1v) is 10.3. The monoisotopic (exact) mass is 409 g/mol. The van der Waals surface area contributed by atoms with Gasteiger partial charge in [-0.15, -0.1) is 4.40 Å². The number of hydrogen-bond acceptors (Lipinski definition) is 5. The number of carbonyl (C=O) groups is 1. The van der Waals surface area contributed by atoms with Gasteiger partial charge in [0.15, 0.2) is 5.84 Å². The molecule has 9 heteroatoms. The van der Waals surface area contributed by atoms with Crippen LogP contribution in [0.4, 0.5) is 5.69 Å². The molecular weight excluding hydrogens is 390 g/mol. The molecule has 3 aromatic rings. The highest BCUT2D eigenvalue weighted by Gasteiger charge is 2.28. The predicted molar refractivity (Wildman–Crippen MR) is 109 cm³/mol. The van der Waals surface area contributed by atoms with Crippen LogP contribution in [0.25, 0.3) is 0 Å². The third-order valence-electron chi connectivity index (χ3n) is 4.55. The summed E-state index contributed by atoms with van der Waals surface area (Å²) in [5.74, 6) is 0.153. The number of aromatic nitrogens is 2. The van der Waals surface area contributed by atoms with Gasteiger partial charge in [0.05, 0.1) is 6.20 Å². The summed E-state index contributed by atoms with van der Waals surface area (Å²) in [7, 11) is -0.117. The van der Waals surface area contributed by atoms with E-state index < -0.39 is 10.0 Å². The van der Waals surface area contributed by atoms with Crippen LogP contribution in [-0.2, 0) is 23.6 Å². The van der Waals surface area contributed by atoms with Crippen molar-refractivity contribution in [2.45, 2.75) is 11.4 Å². The Balaban J connectivity index is 1.48. The third-order valence-corrected chi connectivity index (χ3v) is 5.89.